The number of fused-ring (bicyclic) bond motifs is 1. The molecule has 1 amide bonds. The van der Waals surface area contributed by atoms with E-state index in [0.717, 1.165) is 42.5 Å². The van der Waals surface area contributed by atoms with Gasteiger partial charge in [-0.3, -0.25) is 9.69 Å². The van der Waals surface area contributed by atoms with Crippen LogP contribution >= 0.6 is 0 Å². The van der Waals surface area contributed by atoms with Crippen molar-refractivity contribution in [3.8, 4) is 0 Å². The van der Waals surface area contributed by atoms with E-state index in [-0.39, 0.29) is 11.9 Å². The number of likely N-dealkylation sites (tertiary alicyclic amines) is 2. The molecule has 1 aromatic carbocycles. The molecule has 29 heavy (non-hydrogen) atoms. The van der Waals surface area contributed by atoms with Gasteiger partial charge in [0, 0.05) is 24.7 Å². The topological polar surface area (TPSA) is 72.5 Å². The first-order chi connectivity index (χ1) is 14.1. The largest absolute Gasteiger partial charge is 0.383 e. The standard InChI is InChI=1S/C23H26N4O2/c28-22(19-15-17-7-6-11-24-21(17)25-19)27-14-10-23(29,18-8-2-1-3-9-18)20(16-27)26-12-4-5-13-26/h1-3,6-9,11,15,20,29H,4-5,10,12-14,16H2,(H,24,25)/t20-,23+/m1/s1. The van der Waals surface area contributed by atoms with Crippen molar-refractivity contribution < 1.29 is 9.90 Å². The second kappa shape index (κ2) is 7.28. The van der Waals surface area contributed by atoms with Gasteiger partial charge in [0.15, 0.2) is 0 Å². The normalized spacial score (nSPS) is 25.6. The number of H-pyrrole nitrogens is 1. The number of nitrogens with zero attached hydrogens (tertiary/aromatic N) is 3. The number of carbonyl (C=O) groups is 1. The summed E-state index contributed by atoms with van der Waals surface area (Å²) in [4.78, 5) is 24.9. The van der Waals surface area contributed by atoms with Gasteiger partial charge < -0.3 is 15.0 Å². The van der Waals surface area contributed by atoms with Gasteiger partial charge in [-0.2, -0.15) is 0 Å². The lowest BCUT2D eigenvalue weighted by molar-refractivity contribution is -0.0878. The molecule has 0 saturated carbocycles. The minimum atomic E-state index is -0.940. The third-order valence-electron chi connectivity index (χ3n) is 6.47. The monoisotopic (exact) mass is 390 g/mol. The van der Waals surface area contributed by atoms with Crippen molar-refractivity contribution in [3.63, 3.8) is 0 Å². The number of piperidine rings is 1. The first-order valence-electron chi connectivity index (χ1n) is 10.4. The summed E-state index contributed by atoms with van der Waals surface area (Å²) in [5, 5.41) is 12.7. The maximum atomic E-state index is 13.2. The van der Waals surface area contributed by atoms with Crippen molar-refractivity contribution in [2.24, 2.45) is 0 Å². The number of hydrogen-bond donors (Lipinski definition) is 2. The van der Waals surface area contributed by atoms with E-state index in [2.05, 4.69) is 14.9 Å². The minimum absolute atomic E-state index is 0.0256. The molecular weight excluding hydrogens is 364 g/mol. The van der Waals surface area contributed by atoms with E-state index in [1.165, 1.54) is 0 Å². The summed E-state index contributed by atoms with van der Waals surface area (Å²) in [5.41, 5.74) is 1.29. The maximum absolute atomic E-state index is 13.2. The molecule has 0 radical (unpaired) electrons. The van der Waals surface area contributed by atoms with E-state index in [1.54, 1.807) is 6.20 Å². The molecule has 0 spiro atoms. The van der Waals surface area contributed by atoms with Crippen LogP contribution in [0, 0.1) is 0 Å². The smallest absolute Gasteiger partial charge is 0.270 e. The number of aliphatic hydroxyl groups is 1. The van der Waals surface area contributed by atoms with Crippen LogP contribution in [0.2, 0.25) is 0 Å². The van der Waals surface area contributed by atoms with Gasteiger partial charge in [-0.1, -0.05) is 30.3 Å². The zero-order valence-electron chi connectivity index (χ0n) is 16.4. The van der Waals surface area contributed by atoms with Crippen molar-refractivity contribution in [3.05, 3.63) is 66.0 Å². The Morgan fingerprint density at radius 2 is 1.90 bits per heavy atom. The van der Waals surface area contributed by atoms with Gasteiger partial charge in [0.25, 0.3) is 5.91 Å². The van der Waals surface area contributed by atoms with Gasteiger partial charge >= 0.3 is 0 Å². The molecule has 0 unspecified atom stereocenters. The fraction of sp³-hybridized carbons (Fsp3) is 0.391. The summed E-state index contributed by atoms with van der Waals surface area (Å²) in [5.74, 6) is -0.0256. The first-order valence-corrected chi connectivity index (χ1v) is 10.4. The van der Waals surface area contributed by atoms with E-state index in [4.69, 9.17) is 0 Å². The number of pyridine rings is 1. The van der Waals surface area contributed by atoms with Crippen LogP contribution in [0.25, 0.3) is 11.0 Å². The molecule has 0 bridgehead atoms. The van der Waals surface area contributed by atoms with E-state index in [9.17, 15) is 9.90 Å². The number of benzene rings is 1. The number of aromatic amines is 1. The van der Waals surface area contributed by atoms with Crippen LogP contribution in [0.4, 0.5) is 0 Å². The van der Waals surface area contributed by atoms with Crippen LogP contribution in [0.5, 0.6) is 0 Å². The summed E-state index contributed by atoms with van der Waals surface area (Å²) < 4.78 is 0. The summed E-state index contributed by atoms with van der Waals surface area (Å²) in [7, 11) is 0. The quantitative estimate of drug-likeness (QED) is 0.721. The van der Waals surface area contributed by atoms with Crippen LogP contribution < -0.4 is 0 Å². The van der Waals surface area contributed by atoms with Gasteiger partial charge in [-0.15, -0.1) is 0 Å². The summed E-state index contributed by atoms with van der Waals surface area (Å²) in [6.45, 7) is 2.99. The van der Waals surface area contributed by atoms with E-state index in [0.29, 0.717) is 25.2 Å². The van der Waals surface area contributed by atoms with Crippen molar-refractivity contribution in [2.45, 2.75) is 30.9 Å². The van der Waals surface area contributed by atoms with Gasteiger partial charge in [-0.25, -0.2) is 4.98 Å². The SMILES string of the molecule is O=C(c1cc2cccnc2[nH]1)N1CC[C@](O)(c2ccccc2)[C@H](N2CCCC2)C1. The molecule has 2 atom stereocenters. The molecule has 5 rings (SSSR count). The molecule has 2 saturated heterocycles. The Bertz CT molecular complexity index is 979. The third kappa shape index (κ3) is 3.22. The number of rotatable bonds is 3. The van der Waals surface area contributed by atoms with Crippen LogP contribution in [-0.2, 0) is 5.60 Å². The average molecular weight is 390 g/mol. The Kier molecular flexibility index (Phi) is 4.60. The zero-order chi connectivity index (χ0) is 19.8. The maximum Gasteiger partial charge on any atom is 0.270 e. The van der Waals surface area contributed by atoms with Crippen molar-refractivity contribution >= 4 is 16.9 Å². The third-order valence-corrected chi connectivity index (χ3v) is 6.47. The van der Waals surface area contributed by atoms with E-state index >= 15 is 0 Å². The average Bonchev–Trinajstić information content (AvgIpc) is 3.44. The number of amides is 1. The van der Waals surface area contributed by atoms with E-state index in [1.807, 2.05) is 53.4 Å². The Balaban J connectivity index is 1.44. The van der Waals surface area contributed by atoms with Crippen LogP contribution in [-0.4, -0.2) is 63.0 Å². The molecule has 150 valence electrons. The minimum Gasteiger partial charge on any atom is -0.383 e. The fourth-order valence-corrected chi connectivity index (χ4v) is 4.89. The van der Waals surface area contributed by atoms with Crippen molar-refractivity contribution in [1.82, 2.24) is 19.8 Å². The van der Waals surface area contributed by atoms with Gasteiger partial charge in [0.2, 0.25) is 0 Å². The molecule has 6 heteroatoms. The molecule has 3 aromatic rings. The van der Waals surface area contributed by atoms with Crippen LogP contribution in [0.15, 0.2) is 54.7 Å². The molecule has 2 aliphatic heterocycles. The van der Waals surface area contributed by atoms with Gasteiger partial charge in [0.1, 0.15) is 16.9 Å². The molecule has 2 aliphatic rings. The van der Waals surface area contributed by atoms with E-state index < -0.39 is 5.60 Å². The van der Waals surface area contributed by atoms with Crippen LogP contribution in [0.3, 0.4) is 0 Å². The number of nitrogens with one attached hydrogen (secondary N) is 1. The summed E-state index contributed by atoms with van der Waals surface area (Å²) >= 11 is 0. The lowest BCUT2D eigenvalue weighted by Gasteiger charge is -2.48. The molecule has 4 heterocycles. The highest BCUT2D eigenvalue weighted by molar-refractivity contribution is 5.97. The molecule has 0 aliphatic carbocycles. The highest BCUT2D eigenvalue weighted by atomic mass is 16.3. The molecule has 2 N–H and O–H groups in total. The second-order valence-electron chi connectivity index (χ2n) is 8.17. The Morgan fingerprint density at radius 3 is 2.66 bits per heavy atom. The highest BCUT2D eigenvalue weighted by Crippen LogP contribution is 2.37. The lowest BCUT2D eigenvalue weighted by Crippen LogP contribution is -2.61. The van der Waals surface area contributed by atoms with Crippen molar-refractivity contribution in [2.75, 3.05) is 26.2 Å². The number of aromatic nitrogens is 2. The highest BCUT2D eigenvalue weighted by Gasteiger charge is 2.47. The van der Waals surface area contributed by atoms with Crippen LogP contribution in [0.1, 0.15) is 35.3 Å². The Morgan fingerprint density at radius 1 is 1.10 bits per heavy atom. The lowest BCUT2D eigenvalue weighted by atomic mass is 9.79. The second-order valence-corrected chi connectivity index (χ2v) is 8.17. The van der Waals surface area contributed by atoms with Gasteiger partial charge in [-0.05, 0) is 56.1 Å². The number of hydrogen-bond acceptors (Lipinski definition) is 4. The molecule has 6 nitrogen and oxygen atoms in total. The Hall–Kier alpha value is -2.70. The number of carbonyl (C=O) groups excluding carboxylic acids is 1. The fourth-order valence-electron chi connectivity index (χ4n) is 4.89. The molecular formula is C23H26N4O2. The molecule has 2 fully saturated rings. The first kappa shape index (κ1) is 18.3. The molecule has 2 aromatic heterocycles. The Labute approximate surface area is 170 Å². The predicted molar refractivity (Wildman–Crippen MR) is 112 cm³/mol. The van der Waals surface area contributed by atoms with Gasteiger partial charge in [0.05, 0.1) is 6.04 Å². The predicted octanol–water partition coefficient (Wildman–Crippen LogP) is 2.76. The summed E-state index contributed by atoms with van der Waals surface area (Å²) in [6, 6.07) is 15.5. The zero-order valence-corrected chi connectivity index (χ0v) is 16.4. The summed E-state index contributed by atoms with van der Waals surface area (Å²) in [6.07, 6.45) is 4.53. The van der Waals surface area contributed by atoms with Crippen molar-refractivity contribution in [1.29, 1.82) is 0 Å².